The fourth-order valence-electron chi connectivity index (χ4n) is 5.01. The van der Waals surface area contributed by atoms with Gasteiger partial charge in [-0.1, -0.05) is 37.3 Å². The summed E-state index contributed by atoms with van der Waals surface area (Å²) in [6, 6.07) is 13.5. The molecule has 4 aromatic rings. The number of rotatable bonds is 7. The molecular weight excluding hydrogens is 448 g/mol. The Balaban J connectivity index is 1.33. The minimum Gasteiger partial charge on any atom is -0.470 e. The van der Waals surface area contributed by atoms with Crippen molar-refractivity contribution in [1.29, 1.82) is 5.26 Å². The number of nitrogens with zero attached hydrogens (tertiary/aromatic N) is 5. The van der Waals surface area contributed by atoms with Gasteiger partial charge in [0.25, 0.3) is 5.19 Å². The van der Waals surface area contributed by atoms with Crippen molar-refractivity contribution in [3.63, 3.8) is 0 Å². The molecule has 0 saturated carbocycles. The summed E-state index contributed by atoms with van der Waals surface area (Å²) >= 11 is 1.45. The van der Waals surface area contributed by atoms with Gasteiger partial charge in [0.2, 0.25) is 0 Å². The summed E-state index contributed by atoms with van der Waals surface area (Å²) in [7, 11) is 0. The van der Waals surface area contributed by atoms with E-state index in [9.17, 15) is 0 Å². The molecule has 3 aromatic heterocycles. The molecule has 1 aliphatic heterocycles. The summed E-state index contributed by atoms with van der Waals surface area (Å²) < 4.78 is 11.7. The molecule has 0 aliphatic carbocycles. The third kappa shape index (κ3) is 4.27. The van der Waals surface area contributed by atoms with Crippen LogP contribution >= 0.6 is 11.3 Å². The second-order valence-electron chi connectivity index (χ2n) is 9.03. The topological polar surface area (TPSA) is 110 Å². The van der Waals surface area contributed by atoms with Crippen molar-refractivity contribution in [2.45, 2.75) is 32.1 Å². The highest BCUT2D eigenvalue weighted by molar-refractivity contribution is 7.19. The number of pyridine rings is 1. The lowest BCUT2D eigenvalue weighted by molar-refractivity contribution is 0.0902. The highest BCUT2D eigenvalue weighted by Crippen LogP contribution is 2.44. The van der Waals surface area contributed by atoms with Crippen LogP contribution in [0.25, 0.3) is 21.6 Å². The van der Waals surface area contributed by atoms with Gasteiger partial charge in [0, 0.05) is 16.2 Å². The molecule has 1 N–H and O–H groups in total. The predicted molar refractivity (Wildman–Crippen MR) is 129 cm³/mol. The van der Waals surface area contributed by atoms with Gasteiger partial charge >= 0.3 is 0 Å². The van der Waals surface area contributed by atoms with E-state index in [4.69, 9.17) is 19.5 Å². The third-order valence-electron chi connectivity index (χ3n) is 6.80. The van der Waals surface area contributed by atoms with E-state index in [0.717, 1.165) is 53.3 Å². The highest BCUT2D eigenvalue weighted by atomic mass is 32.1. The van der Waals surface area contributed by atoms with Gasteiger partial charge in [0.15, 0.2) is 5.76 Å². The quantitative estimate of drug-likeness (QED) is 0.414. The lowest BCUT2D eigenvalue weighted by Gasteiger charge is -2.44. The summed E-state index contributed by atoms with van der Waals surface area (Å²) in [4.78, 5) is 10.2. The van der Waals surface area contributed by atoms with E-state index in [1.54, 1.807) is 18.3 Å². The molecule has 0 spiro atoms. The number of nitriles is 1. The average Bonchev–Trinajstić information content (AvgIpc) is 3.54. The Hall–Kier alpha value is -3.35. The molecule has 1 fully saturated rings. The largest absolute Gasteiger partial charge is 0.470 e. The molecule has 174 valence electrons. The maximum Gasteiger partial charge on any atom is 0.275 e. The van der Waals surface area contributed by atoms with Crippen LogP contribution < -0.4 is 10.1 Å². The maximum absolute atomic E-state index is 9.01. The van der Waals surface area contributed by atoms with Crippen LogP contribution in [0.2, 0.25) is 0 Å². The van der Waals surface area contributed by atoms with Gasteiger partial charge in [-0.3, -0.25) is 0 Å². The van der Waals surface area contributed by atoms with Crippen molar-refractivity contribution in [2.24, 2.45) is 11.8 Å². The first kappa shape index (κ1) is 22.4. The number of thiazole rings is 1. The zero-order chi connectivity index (χ0) is 23.5. The molecule has 1 aromatic carbocycles. The van der Waals surface area contributed by atoms with Gasteiger partial charge in [-0.15, -0.1) is 5.10 Å². The molecule has 8 nitrogen and oxygen atoms in total. The first-order valence-corrected chi connectivity index (χ1v) is 12.3. The van der Waals surface area contributed by atoms with Gasteiger partial charge in [-0.05, 0) is 62.0 Å². The van der Waals surface area contributed by atoms with Crippen LogP contribution in [0.15, 0.2) is 47.1 Å². The number of piperidine rings is 1. The molecule has 5 rings (SSSR count). The van der Waals surface area contributed by atoms with E-state index in [-0.39, 0.29) is 5.41 Å². The summed E-state index contributed by atoms with van der Waals surface area (Å²) in [5, 5.41) is 20.9. The number of hydrogen-bond donors (Lipinski definition) is 1. The van der Waals surface area contributed by atoms with Gasteiger partial charge in [0.1, 0.15) is 10.3 Å². The van der Waals surface area contributed by atoms with Gasteiger partial charge in [-0.2, -0.15) is 5.26 Å². The minimum atomic E-state index is -0.166. The van der Waals surface area contributed by atoms with Crippen molar-refractivity contribution in [3.8, 4) is 22.5 Å². The Labute approximate surface area is 202 Å². The van der Waals surface area contributed by atoms with Crippen molar-refractivity contribution >= 4 is 21.7 Å². The van der Waals surface area contributed by atoms with E-state index in [1.165, 1.54) is 11.3 Å². The molecule has 34 heavy (non-hydrogen) atoms. The fourth-order valence-corrected chi connectivity index (χ4v) is 5.82. The van der Waals surface area contributed by atoms with Crippen molar-refractivity contribution < 1.29 is 9.26 Å². The monoisotopic (exact) mass is 474 g/mol. The van der Waals surface area contributed by atoms with E-state index < -0.39 is 0 Å². The Morgan fingerprint density at radius 1 is 1.24 bits per heavy atom. The number of hydrogen-bond acceptors (Lipinski definition) is 9. The molecule has 4 heterocycles. The van der Waals surface area contributed by atoms with Crippen LogP contribution in [0, 0.1) is 23.2 Å². The number of nitrogens with one attached hydrogen (secondary N) is 1. The van der Waals surface area contributed by atoms with Crippen LogP contribution in [0.3, 0.4) is 0 Å². The number of benzene rings is 1. The zero-order valence-electron chi connectivity index (χ0n) is 19.2. The van der Waals surface area contributed by atoms with Gasteiger partial charge in [0.05, 0.1) is 30.1 Å². The van der Waals surface area contributed by atoms with Crippen LogP contribution in [-0.2, 0) is 5.41 Å². The van der Waals surface area contributed by atoms with Crippen LogP contribution in [0.4, 0.5) is 0 Å². The molecule has 1 aliphatic rings. The van der Waals surface area contributed by atoms with E-state index in [0.29, 0.717) is 29.2 Å². The summed E-state index contributed by atoms with van der Waals surface area (Å²) in [6.45, 7) is 6.88. The van der Waals surface area contributed by atoms with E-state index >= 15 is 0 Å². The second kappa shape index (κ2) is 9.49. The zero-order valence-corrected chi connectivity index (χ0v) is 20.0. The Morgan fingerprint density at radius 3 is 2.82 bits per heavy atom. The van der Waals surface area contributed by atoms with E-state index in [1.807, 2.05) is 24.3 Å². The number of aromatic nitrogens is 4. The van der Waals surface area contributed by atoms with Crippen LogP contribution in [-0.4, -0.2) is 40.0 Å². The molecule has 1 saturated heterocycles. The Kier molecular flexibility index (Phi) is 6.26. The smallest absolute Gasteiger partial charge is 0.275 e. The molecule has 2 atom stereocenters. The average molecular weight is 475 g/mol. The minimum absolute atomic E-state index is 0.166. The standard InChI is InChI=1S/C25H26N6O2S/c1-16(2)19-14-27-11-9-25(19,22-15-28-31-33-22)10-12-32-24-30-21-8-7-20(29-23(21)34-24)18-5-3-17(13-26)4-6-18/h3-8,15-16,19,27H,9-12,14H2,1-2H3. The second-order valence-corrected chi connectivity index (χ2v) is 9.97. The molecule has 2 unspecified atom stereocenters. The molecule has 0 bridgehead atoms. The Bertz CT molecular complexity index is 1300. The summed E-state index contributed by atoms with van der Waals surface area (Å²) in [5.74, 6) is 1.71. The molecule has 0 radical (unpaired) electrons. The maximum atomic E-state index is 9.01. The van der Waals surface area contributed by atoms with Crippen LogP contribution in [0.1, 0.15) is 38.0 Å². The normalized spacial score (nSPS) is 20.5. The summed E-state index contributed by atoms with van der Waals surface area (Å²) in [6.07, 6.45) is 3.51. The van der Waals surface area contributed by atoms with Gasteiger partial charge in [-0.25, -0.2) is 9.97 Å². The van der Waals surface area contributed by atoms with Crippen molar-refractivity contribution in [3.05, 3.63) is 53.9 Å². The first-order chi connectivity index (χ1) is 16.6. The molecular formula is C25H26N6O2S. The number of fused-ring (bicyclic) bond motifs is 1. The lowest BCUT2D eigenvalue weighted by Crippen LogP contribution is -2.50. The molecule has 0 amide bonds. The first-order valence-electron chi connectivity index (χ1n) is 11.5. The SMILES string of the molecule is CC(C)C1CNCCC1(CCOc1nc2ccc(-c3ccc(C#N)cc3)nc2s1)c1cnno1. The Morgan fingerprint density at radius 2 is 2.09 bits per heavy atom. The number of ether oxygens (including phenoxy) is 1. The predicted octanol–water partition coefficient (Wildman–Crippen LogP) is 4.59. The highest BCUT2D eigenvalue weighted by Gasteiger charge is 2.46. The lowest BCUT2D eigenvalue weighted by atomic mass is 9.63. The fraction of sp³-hybridized carbons (Fsp3) is 0.400. The molecule has 9 heteroatoms. The summed E-state index contributed by atoms with van der Waals surface area (Å²) in [5.41, 5.74) is 3.09. The van der Waals surface area contributed by atoms with Crippen LogP contribution in [0.5, 0.6) is 5.19 Å². The van der Waals surface area contributed by atoms with E-state index in [2.05, 4.69) is 40.6 Å². The van der Waals surface area contributed by atoms with Crippen molar-refractivity contribution in [2.75, 3.05) is 19.7 Å². The third-order valence-corrected chi connectivity index (χ3v) is 7.68. The van der Waals surface area contributed by atoms with Gasteiger partial charge < -0.3 is 14.6 Å². The van der Waals surface area contributed by atoms with Crippen molar-refractivity contribution in [1.82, 2.24) is 25.7 Å².